The highest BCUT2D eigenvalue weighted by molar-refractivity contribution is 7.15. The Kier molecular flexibility index (Phi) is 7.12. The second kappa shape index (κ2) is 9.90. The van der Waals surface area contributed by atoms with Gasteiger partial charge in [-0.25, -0.2) is 9.67 Å². The molecule has 0 radical (unpaired) electrons. The number of hydrogen-bond donors (Lipinski definition) is 1. The van der Waals surface area contributed by atoms with Crippen LogP contribution in [0.3, 0.4) is 0 Å². The highest BCUT2D eigenvalue weighted by Crippen LogP contribution is 2.27. The van der Waals surface area contributed by atoms with E-state index in [1.807, 2.05) is 24.4 Å². The third-order valence-electron chi connectivity index (χ3n) is 5.50. The average Bonchev–Trinajstić information content (AvgIpc) is 3.33. The van der Waals surface area contributed by atoms with Crippen molar-refractivity contribution in [2.45, 2.75) is 40.5 Å². The van der Waals surface area contributed by atoms with E-state index in [0.29, 0.717) is 50.1 Å². The molecule has 3 heterocycles. The number of halogens is 2. The lowest BCUT2D eigenvalue weighted by Gasteiger charge is -2.08. The number of rotatable bonds is 7. The van der Waals surface area contributed by atoms with E-state index in [9.17, 15) is 9.59 Å². The second-order valence-corrected chi connectivity index (χ2v) is 10.3. The van der Waals surface area contributed by atoms with Crippen molar-refractivity contribution >= 4 is 45.4 Å². The number of aryl methyl sites for hydroxylation is 2. The minimum atomic E-state index is -0.243. The molecule has 0 aliphatic carbocycles. The van der Waals surface area contributed by atoms with Crippen LogP contribution in [0, 0.1) is 19.8 Å². The van der Waals surface area contributed by atoms with Crippen molar-refractivity contribution in [3.8, 4) is 16.9 Å². The highest BCUT2D eigenvalue weighted by atomic mass is 35.5. The van der Waals surface area contributed by atoms with Crippen LogP contribution in [-0.4, -0.2) is 31.6 Å². The zero-order chi connectivity index (χ0) is 24.6. The quantitative estimate of drug-likeness (QED) is 0.363. The predicted molar refractivity (Wildman–Crippen MR) is 138 cm³/mol. The highest BCUT2D eigenvalue weighted by Gasteiger charge is 2.20. The first kappa shape index (κ1) is 24.4. The van der Waals surface area contributed by atoms with Crippen molar-refractivity contribution < 1.29 is 4.79 Å². The van der Waals surface area contributed by atoms with Crippen LogP contribution in [0.1, 0.15) is 37.4 Å². The molecule has 7 nitrogen and oxygen atoms in total. The van der Waals surface area contributed by atoms with Gasteiger partial charge in [0.25, 0.3) is 5.56 Å². The Labute approximate surface area is 211 Å². The summed E-state index contributed by atoms with van der Waals surface area (Å²) in [5.74, 6) is 0.390. The van der Waals surface area contributed by atoms with Gasteiger partial charge in [-0.1, -0.05) is 37.0 Å². The molecule has 0 atom stereocenters. The molecule has 0 saturated heterocycles. The van der Waals surface area contributed by atoms with Crippen LogP contribution in [0.5, 0.6) is 0 Å². The van der Waals surface area contributed by atoms with Crippen LogP contribution in [0.4, 0.5) is 0 Å². The molecular weight excluding hydrogens is 493 g/mol. The van der Waals surface area contributed by atoms with Crippen LogP contribution < -0.4 is 10.9 Å². The Morgan fingerprint density at radius 3 is 2.65 bits per heavy atom. The number of amides is 1. The molecule has 0 fully saturated rings. The van der Waals surface area contributed by atoms with Gasteiger partial charge in [-0.3, -0.25) is 14.0 Å². The molecule has 0 aliphatic heterocycles. The van der Waals surface area contributed by atoms with Crippen LogP contribution in [0.15, 0.2) is 34.4 Å². The molecule has 10 heteroatoms. The van der Waals surface area contributed by atoms with Gasteiger partial charge in [0, 0.05) is 23.3 Å². The van der Waals surface area contributed by atoms with Crippen molar-refractivity contribution in [3.05, 3.63) is 67.1 Å². The van der Waals surface area contributed by atoms with E-state index in [4.69, 9.17) is 23.2 Å². The number of hydrogen-bond acceptors (Lipinski definition) is 5. The zero-order valence-electron chi connectivity index (χ0n) is 19.4. The SMILES string of the molecule is Cc1nc2scc(CC(=O)NCCC(C)C)n2c(=O)c1-c1cc(C)n(-c2ccc(Cl)c(Cl)c2)n1. The zero-order valence-corrected chi connectivity index (χ0v) is 21.7. The molecule has 0 saturated carbocycles. The van der Waals surface area contributed by atoms with E-state index in [1.54, 1.807) is 23.7 Å². The molecule has 1 N–H and O–H groups in total. The topological polar surface area (TPSA) is 81.3 Å². The van der Waals surface area contributed by atoms with Crippen molar-refractivity contribution in [2.24, 2.45) is 5.92 Å². The molecule has 178 valence electrons. The summed E-state index contributed by atoms with van der Waals surface area (Å²) >= 11 is 13.6. The Morgan fingerprint density at radius 2 is 1.94 bits per heavy atom. The van der Waals surface area contributed by atoms with Gasteiger partial charge in [0.15, 0.2) is 4.96 Å². The monoisotopic (exact) mass is 517 g/mol. The minimum Gasteiger partial charge on any atom is -0.356 e. The number of carbonyl (C=O) groups excluding carboxylic acids is 1. The largest absolute Gasteiger partial charge is 0.356 e. The summed E-state index contributed by atoms with van der Waals surface area (Å²) in [5, 5.41) is 10.3. The maximum absolute atomic E-state index is 13.6. The van der Waals surface area contributed by atoms with Gasteiger partial charge >= 0.3 is 0 Å². The molecule has 0 bridgehead atoms. The molecule has 34 heavy (non-hydrogen) atoms. The normalized spacial score (nSPS) is 11.5. The maximum atomic E-state index is 13.6. The Bertz CT molecular complexity index is 1440. The molecular formula is C24H25Cl2N5O2S. The minimum absolute atomic E-state index is 0.110. The molecule has 4 rings (SSSR count). The summed E-state index contributed by atoms with van der Waals surface area (Å²) in [4.78, 5) is 31.2. The van der Waals surface area contributed by atoms with Gasteiger partial charge in [-0.15, -0.1) is 11.3 Å². The number of aromatic nitrogens is 4. The van der Waals surface area contributed by atoms with Gasteiger partial charge in [-0.2, -0.15) is 5.10 Å². The summed E-state index contributed by atoms with van der Waals surface area (Å²) in [6.07, 6.45) is 1.01. The molecule has 1 aromatic carbocycles. The Morgan fingerprint density at radius 1 is 1.18 bits per heavy atom. The van der Waals surface area contributed by atoms with Crippen LogP contribution in [0.25, 0.3) is 21.9 Å². The van der Waals surface area contributed by atoms with Gasteiger partial charge in [0.05, 0.1) is 33.4 Å². The van der Waals surface area contributed by atoms with Gasteiger partial charge in [0.1, 0.15) is 5.69 Å². The molecule has 0 aliphatic rings. The first-order chi connectivity index (χ1) is 16.2. The maximum Gasteiger partial charge on any atom is 0.268 e. The number of fused-ring (bicyclic) bond motifs is 1. The fourth-order valence-corrected chi connectivity index (χ4v) is 4.94. The third-order valence-corrected chi connectivity index (χ3v) is 7.11. The molecule has 1 amide bonds. The van der Waals surface area contributed by atoms with E-state index >= 15 is 0 Å². The number of nitrogens with zero attached hydrogens (tertiary/aromatic N) is 4. The predicted octanol–water partition coefficient (Wildman–Crippen LogP) is 5.24. The molecule has 0 spiro atoms. The van der Waals surface area contributed by atoms with Gasteiger partial charge in [0.2, 0.25) is 5.91 Å². The fourth-order valence-electron chi connectivity index (χ4n) is 3.73. The summed E-state index contributed by atoms with van der Waals surface area (Å²) in [6.45, 7) is 8.52. The first-order valence-electron chi connectivity index (χ1n) is 10.9. The van der Waals surface area contributed by atoms with Gasteiger partial charge in [-0.05, 0) is 50.5 Å². The lowest BCUT2D eigenvalue weighted by atomic mass is 10.1. The number of benzene rings is 1. The van der Waals surface area contributed by atoms with E-state index in [0.717, 1.165) is 17.8 Å². The van der Waals surface area contributed by atoms with E-state index in [1.165, 1.54) is 15.7 Å². The van der Waals surface area contributed by atoms with Gasteiger partial charge < -0.3 is 5.32 Å². The van der Waals surface area contributed by atoms with Crippen LogP contribution in [0.2, 0.25) is 10.0 Å². The van der Waals surface area contributed by atoms with Crippen molar-refractivity contribution in [1.29, 1.82) is 0 Å². The third kappa shape index (κ3) is 4.89. The first-order valence-corrected chi connectivity index (χ1v) is 12.6. The lowest BCUT2D eigenvalue weighted by molar-refractivity contribution is -0.120. The lowest BCUT2D eigenvalue weighted by Crippen LogP contribution is -2.28. The van der Waals surface area contributed by atoms with E-state index in [-0.39, 0.29) is 17.9 Å². The fraction of sp³-hybridized carbons (Fsp3) is 0.333. The number of nitrogens with one attached hydrogen (secondary N) is 1. The number of carbonyl (C=O) groups is 1. The van der Waals surface area contributed by atoms with Crippen LogP contribution >= 0.6 is 34.5 Å². The summed E-state index contributed by atoms with van der Waals surface area (Å²) < 4.78 is 3.23. The number of thiazole rings is 1. The smallest absolute Gasteiger partial charge is 0.268 e. The Balaban J connectivity index is 1.71. The van der Waals surface area contributed by atoms with E-state index < -0.39 is 0 Å². The van der Waals surface area contributed by atoms with Crippen molar-refractivity contribution in [1.82, 2.24) is 24.5 Å². The van der Waals surface area contributed by atoms with Crippen molar-refractivity contribution in [3.63, 3.8) is 0 Å². The Hall–Kier alpha value is -2.68. The average molecular weight is 518 g/mol. The molecule has 3 aromatic heterocycles. The molecule has 4 aromatic rings. The summed E-state index contributed by atoms with van der Waals surface area (Å²) in [6, 6.07) is 7.08. The standard InChI is InChI=1S/C24H25Cl2N5O2S/c1-13(2)7-8-27-21(32)11-17-12-34-24-28-15(4)22(23(33)30(17)24)20-9-14(3)31(29-20)16-5-6-18(25)19(26)10-16/h5-6,9-10,12-13H,7-8,11H2,1-4H3,(H,27,32). The second-order valence-electron chi connectivity index (χ2n) is 8.61. The van der Waals surface area contributed by atoms with Crippen molar-refractivity contribution in [2.75, 3.05) is 6.54 Å². The summed E-state index contributed by atoms with van der Waals surface area (Å²) in [5.41, 5.74) is 3.42. The van der Waals surface area contributed by atoms with E-state index in [2.05, 4.69) is 29.2 Å². The molecule has 0 unspecified atom stereocenters. The van der Waals surface area contributed by atoms with Crippen LogP contribution in [-0.2, 0) is 11.2 Å². The summed E-state index contributed by atoms with van der Waals surface area (Å²) in [7, 11) is 0.